The van der Waals surface area contributed by atoms with Gasteiger partial charge in [-0.05, 0) is 31.4 Å². The van der Waals surface area contributed by atoms with Crippen molar-refractivity contribution in [2.45, 2.75) is 43.5 Å². The van der Waals surface area contributed by atoms with Crippen LogP contribution >= 0.6 is 0 Å². The van der Waals surface area contributed by atoms with E-state index in [1.54, 1.807) is 9.80 Å². The highest BCUT2D eigenvalue weighted by atomic mass is 19.4. The Kier molecular flexibility index (Phi) is 5.03. The van der Waals surface area contributed by atoms with Crippen molar-refractivity contribution in [2.24, 2.45) is 11.3 Å². The minimum atomic E-state index is -4.74. The van der Waals surface area contributed by atoms with Crippen molar-refractivity contribution in [1.29, 1.82) is 0 Å². The lowest BCUT2D eigenvalue weighted by molar-refractivity contribution is -0.180. The molecular weight excluding hydrogens is 453 g/mol. The molecule has 1 aromatic rings. The van der Waals surface area contributed by atoms with Crippen molar-refractivity contribution in [1.82, 2.24) is 25.3 Å². The molecule has 5 rings (SSSR count). The Hall–Kier alpha value is -2.57. The van der Waals surface area contributed by atoms with Crippen LogP contribution in [0.5, 0.6) is 0 Å². The first-order valence-electron chi connectivity index (χ1n) is 10.7. The maximum atomic E-state index is 14.8. The predicted octanol–water partition coefficient (Wildman–Crippen LogP) is 2.01. The number of rotatable bonds is 2. The number of piperidine rings is 1. The van der Waals surface area contributed by atoms with E-state index in [0.29, 0.717) is 44.7 Å². The van der Waals surface area contributed by atoms with E-state index in [1.165, 1.54) is 0 Å². The number of urea groups is 1. The first-order chi connectivity index (χ1) is 15.5. The number of nitrogens with one attached hydrogen (secondary N) is 1. The zero-order chi connectivity index (χ0) is 23.6. The molecule has 4 fully saturated rings. The highest BCUT2D eigenvalue weighted by molar-refractivity contribution is 5.79. The molecule has 3 amide bonds. The van der Waals surface area contributed by atoms with Gasteiger partial charge in [-0.2, -0.15) is 22.0 Å². The molecule has 33 heavy (non-hydrogen) atoms. The molecule has 8 nitrogen and oxygen atoms in total. The van der Waals surface area contributed by atoms with Crippen molar-refractivity contribution in [3.8, 4) is 0 Å². The fourth-order valence-corrected chi connectivity index (χ4v) is 5.34. The summed E-state index contributed by atoms with van der Waals surface area (Å²) in [5.41, 5.74) is -2.49. The standard InChI is InChI=1S/C20H22F5N5O3/c21-19(22,14-1-2-15(28-27-14)20(23,24)25)11-5-18(6-11)9-30(10-18)17(32)29-4-3-13-12(7-29)26-16(31)8-33-13/h1-2,11-13H,3-10H2,(H,26,31)/t12-,13+/m1/s1. The molecule has 1 N–H and O–H groups in total. The van der Waals surface area contributed by atoms with Crippen LogP contribution in [0, 0.1) is 11.3 Å². The van der Waals surface area contributed by atoms with Gasteiger partial charge in [0.05, 0.1) is 12.1 Å². The van der Waals surface area contributed by atoms with Gasteiger partial charge in [-0.25, -0.2) is 4.79 Å². The van der Waals surface area contributed by atoms with Crippen LogP contribution in [0.3, 0.4) is 0 Å². The Balaban J connectivity index is 1.14. The van der Waals surface area contributed by atoms with Crippen molar-refractivity contribution >= 4 is 11.9 Å². The summed E-state index contributed by atoms with van der Waals surface area (Å²) in [6, 6.07) is 0.741. The van der Waals surface area contributed by atoms with Crippen LogP contribution in [0.2, 0.25) is 0 Å². The van der Waals surface area contributed by atoms with Gasteiger partial charge < -0.3 is 19.9 Å². The van der Waals surface area contributed by atoms with Gasteiger partial charge in [0.25, 0.3) is 5.92 Å². The highest BCUT2D eigenvalue weighted by Gasteiger charge is 2.61. The van der Waals surface area contributed by atoms with E-state index in [0.717, 1.165) is 0 Å². The van der Waals surface area contributed by atoms with Gasteiger partial charge in [0.2, 0.25) is 5.91 Å². The minimum absolute atomic E-state index is 0.0214. The number of fused-ring (bicyclic) bond motifs is 1. The van der Waals surface area contributed by atoms with Gasteiger partial charge >= 0.3 is 12.2 Å². The van der Waals surface area contributed by atoms with Gasteiger partial charge in [0, 0.05) is 37.5 Å². The van der Waals surface area contributed by atoms with Crippen molar-refractivity contribution in [3.63, 3.8) is 0 Å². The predicted molar refractivity (Wildman–Crippen MR) is 101 cm³/mol. The lowest BCUT2D eigenvalue weighted by atomic mass is 9.56. The fraction of sp³-hybridized carbons (Fsp3) is 0.700. The smallest absolute Gasteiger partial charge is 0.366 e. The number of morpholine rings is 1. The van der Waals surface area contributed by atoms with E-state index in [4.69, 9.17) is 4.74 Å². The Bertz CT molecular complexity index is 942. The number of ether oxygens (including phenoxy) is 1. The summed E-state index contributed by atoms with van der Waals surface area (Å²) in [6.07, 6.45) is -3.94. The number of amides is 3. The Morgan fingerprint density at radius 1 is 1.09 bits per heavy atom. The number of alkyl halides is 5. The molecule has 4 heterocycles. The van der Waals surface area contributed by atoms with Crippen LogP contribution in [0.1, 0.15) is 30.7 Å². The Morgan fingerprint density at radius 3 is 2.39 bits per heavy atom. The average molecular weight is 475 g/mol. The van der Waals surface area contributed by atoms with E-state index in [2.05, 4.69) is 15.5 Å². The molecule has 0 bridgehead atoms. The van der Waals surface area contributed by atoms with Gasteiger partial charge in [0.1, 0.15) is 12.3 Å². The Labute approximate surface area is 185 Å². The molecule has 1 aromatic heterocycles. The van der Waals surface area contributed by atoms with Crippen LogP contribution in [0.4, 0.5) is 26.7 Å². The number of aromatic nitrogens is 2. The number of carbonyl (C=O) groups is 2. The van der Waals surface area contributed by atoms with Crippen LogP contribution in [0.25, 0.3) is 0 Å². The van der Waals surface area contributed by atoms with Gasteiger partial charge in [-0.15, -0.1) is 10.2 Å². The molecule has 3 saturated heterocycles. The number of hydrogen-bond donors (Lipinski definition) is 1. The summed E-state index contributed by atoms with van der Waals surface area (Å²) >= 11 is 0. The first kappa shape index (κ1) is 22.2. The van der Waals surface area contributed by atoms with Gasteiger partial charge in [-0.1, -0.05) is 0 Å². The third kappa shape index (κ3) is 3.89. The second-order valence-electron chi connectivity index (χ2n) is 9.43. The van der Waals surface area contributed by atoms with E-state index in [-0.39, 0.29) is 43.5 Å². The van der Waals surface area contributed by atoms with E-state index >= 15 is 0 Å². The second-order valence-corrected chi connectivity index (χ2v) is 9.43. The average Bonchev–Trinajstić information content (AvgIpc) is 2.70. The van der Waals surface area contributed by atoms with Gasteiger partial charge in [-0.3, -0.25) is 4.79 Å². The number of carbonyl (C=O) groups excluding carboxylic acids is 2. The zero-order valence-corrected chi connectivity index (χ0v) is 17.4. The summed E-state index contributed by atoms with van der Waals surface area (Å²) in [5.74, 6) is -4.67. The SMILES string of the molecule is O=C1CO[C@H]2CCN(C(=O)N3CC4(CC(C(F)(F)c5ccc(C(F)(F)F)nn5)C4)C3)C[C@H]2N1. The first-order valence-corrected chi connectivity index (χ1v) is 10.7. The largest absolute Gasteiger partial charge is 0.435 e. The molecule has 0 aromatic carbocycles. The van der Waals surface area contributed by atoms with E-state index < -0.39 is 34.8 Å². The summed E-state index contributed by atoms with van der Waals surface area (Å²) < 4.78 is 72.8. The lowest BCUT2D eigenvalue weighted by Crippen LogP contribution is -2.69. The number of likely N-dealkylation sites (tertiary alicyclic amines) is 2. The zero-order valence-electron chi connectivity index (χ0n) is 17.4. The van der Waals surface area contributed by atoms with Crippen LogP contribution < -0.4 is 5.32 Å². The van der Waals surface area contributed by atoms with Crippen molar-refractivity contribution in [2.75, 3.05) is 32.8 Å². The monoisotopic (exact) mass is 475 g/mol. The van der Waals surface area contributed by atoms with E-state index in [9.17, 15) is 31.5 Å². The highest BCUT2D eigenvalue weighted by Crippen LogP contribution is 2.59. The lowest BCUT2D eigenvalue weighted by Gasteiger charge is -2.60. The summed E-state index contributed by atoms with van der Waals surface area (Å²) in [5, 5.41) is 8.86. The quantitative estimate of drug-likeness (QED) is 0.662. The third-order valence-corrected chi connectivity index (χ3v) is 7.09. The second kappa shape index (κ2) is 7.47. The maximum absolute atomic E-state index is 14.8. The number of halogens is 5. The molecule has 2 atom stereocenters. The molecule has 1 saturated carbocycles. The molecule has 1 aliphatic carbocycles. The summed E-state index contributed by atoms with van der Waals surface area (Å²) in [4.78, 5) is 27.6. The number of nitrogens with zero attached hydrogens (tertiary/aromatic N) is 4. The van der Waals surface area contributed by atoms with Crippen LogP contribution in [0.15, 0.2) is 12.1 Å². The molecule has 0 radical (unpaired) electrons. The third-order valence-electron chi connectivity index (χ3n) is 7.09. The molecule has 1 spiro atoms. The summed E-state index contributed by atoms with van der Waals surface area (Å²) in [7, 11) is 0. The maximum Gasteiger partial charge on any atom is 0.435 e. The molecule has 0 unspecified atom stereocenters. The van der Waals surface area contributed by atoms with Gasteiger partial charge in [0.15, 0.2) is 5.69 Å². The van der Waals surface area contributed by atoms with Crippen LogP contribution in [-0.4, -0.2) is 76.9 Å². The normalized spacial score (nSPS) is 27.5. The molecular formula is C20H22F5N5O3. The topological polar surface area (TPSA) is 87.7 Å². The van der Waals surface area contributed by atoms with Crippen molar-refractivity contribution in [3.05, 3.63) is 23.5 Å². The molecule has 3 aliphatic heterocycles. The summed E-state index contributed by atoms with van der Waals surface area (Å²) in [6.45, 7) is 1.56. The van der Waals surface area contributed by atoms with Crippen LogP contribution in [-0.2, 0) is 21.6 Å². The minimum Gasteiger partial charge on any atom is -0.366 e. The fourth-order valence-electron chi connectivity index (χ4n) is 5.34. The van der Waals surface area contributed by atoms with Crippen molar-refractivity contribution < 1.29 is 36.3 Å². The number of hydrogen-bond acceptors (Lipinski definition) is 5. The Morgan fingerprint density at radius 2 is 1.76 bits per heavy atom. The van der Waals surface area contributed by atoms with E-state index in [1.807, 2.05) is 0 Å². The molecule has 13 heteroatoms. The molecule has 4 aliphatic rings. The molecule has 180 valence electrons.